The molecule has 5 rings (SSSR count). The Balaban J connectivity index is 1.42. The van der Waals surface area contributed by atoms with E-state index < -0.39 is 16.9 Å². The Bertz CT molecular complexity index is 1220. The van der Waals surface area contributed by atoms with Gasteiger partial charge in [0.1, 0.15) is 17.8 Å². The van der Waals surface area contributed by atoms with Crippen molar-refractivity contribution in [3.8, 4) is 0 Å². The first-order chi connectivity index (χ1) is 16.5. The summed E-state index contributed by atoms with van der Waals surface area (Å²) in [7, 11) is 0.624. The van der Waals surface area contributed by atoms with Crippen molar-refractivity contribution in [3.05, 3.63) is 89.9 Å². The number of ether oxygens (including phenoxy) is 1. The molecule has 2 aliphatic heterocycles. The molecule has 0 spiro atoms. The van der Waals surface area contributed by atoms with Crippen LogP contribution < -0.4 is 0 Å². The molecule has 2 unspecified atom stereocenters. The number of thiocarbonyl (C=S) groups is 1. The Labute approximate surface area is 209 Å². The van der Waals surface area contributed by atoms with E-state index in [1.165, 1.54) is 16.7 Å². The van der Waals surface area contributed by atoms with E-state index in [4.69, 9.17) is 17.0 Å². The van der Waals surface area contributed by atoms with Gasteiger partial charge in [-0.25, -0.2) is 0 Å². The predicted octanol–water partition coefficient (Wildman–Crippen LogP) is 3.61. The summed E-state index contributed by atoms with van der Waals surface area (Å²) in [6.07, 6.45) is 3.27. The van der Waals surface area contributed by atoms with Gasteiger partial charge in [-0.1, -0.05) is 72.4 Å². The summed E-state index contributed by atoms with van der Waals surface area (Å²) in [4.78, 5) is 14.0. The highest BCUT2D eigenvalue weighted by molar-refractivity contribution is 8.00. The summed E-state index contributed by atoms with van der Waals surface area (Å²) in [5.74, 6) is 0.441. The molecule has 1 fully saturated rings. The third kappa shape index (κ3) is 4.45. The number of carbonyl (C=O) groups is 1. The van der Waals surface area contributed by atoms with E-state index >= 15 is 0 Å². The molecule has 3 atom stereocenters. The molecule has 3 heterocycles. The molecular formula is C24H22N4O3S3. The number of thioether (sulfide) groups is 1. The van der Waals surface area contributed by atoms with Crippen molar-refractivity contribution >= 4 is 45.7 Å². The van der Waals surface area contributed by atoms with Crippen molar-refractivity contribution in [2.75, 3.05) is 5.75 Å². The zero-order chi connectivity index (χ0) is 23.7. The molecule has 34 heavy (non-hydrogen) atoms. The van der Waals surface area contributed by atoms with Crippen LogP contribution in [-0.4, -0.2) is 51.2 Å². The van der Waals surface area contributed by atoms with Crippen molar-refractivity contribution in [2.45, 2.75) is 28.3 Å². The van der Waals surface area contributed by atoms with E-state index in [0.29, 0.717) is 11.4 Å². The summed E-state index contributed by atoms with van der Waals surface area (Å²) in [6, 6.07) is 19.7. The van der Waals surface area contributed by atoms with E-state index in [2.05, 4.69) is 10.2 Å². The first kappa shape index (κ1) is 22.9. The summed E-state index contributed by atoms with van der Waals surface area (Å²) < 4.78 is 21.3. The van der Waals surface area contributed by atoms with Gasteiger partial charge in [0.15, 0.2) is 5.16 Å². The average Bonchev–Trinajstić information content (AvgIpc) is 3.27. The smallest absolute Gasteiger partial charge is 0.231 e. The molecule has 0 N–H and O–H groups in total. The number of rotatable bonds is 7. The second kappa shape index (κ2) is 9.81. The van der Waals surface area contributed by atoms with Gasteiger partial charge < -0.3 is 9.30 Å². The third-order valence-electron chi connectivity index (χ3n) is 5.76. The molecule has 0 aliphatic carbocycles. The highest BCUT2D eigenvalue weighted by Crippen LogP contribution is 2.37. The Morgan fingerprint density at radius 3 is 2.38 bits per heavy atom. The zero-order valence-electron chi connectivity index (χ0n) is 18.3. The zero-order valence-corrected chi connectivity index (χ0v) is 20.8. The van der Waals surface area contributed by atoms with Crippen LogP contribution in [0.25, 0.3) is 0 Å². The number of fused-ring (bicyclic) bond motifs is 1. The number of benzene rings is 2. The predicted molar refractivity (Wildman–Crippen MR) is 135 cm³/mol. The van der Waals surface area contributed by atoms with Crippen LogP contribution in [0.1, 0.15) is 23.7 Å². The third-order valence-corrected chi connectivity index (χ3v) is 9.24. The standard InChI is InChI=1S/C24H22N4O3S3/c1-27-15-25-26-24(27)33-14-18-12-19(28-20(29)13-21(28)34(18)30)23(32)31-22(16-8-4-2-5-9-16)17-10-6-3-7-11-17/h2-12,15,18,21-22H,13-14H2,1H3/t18?,21-,34?/m1/s1. The molecule has 0 radical (unpaired) electrons. The molecule has 0 saturated carbocycles. The second-order valence-corrected chi connectivity index (χ2v) is 11.1. The molecule has 2 aromatic carbocycles. The Hall–Kier alpha value is -2.82. The number of aromatic nitrogens is 3. The van der Waals surface area contributed by atoms with E-state index in [1.54, 1.807) is 6.33 Å². The van der Waals surface area contributed by atoms with Crippen LogP contribution in [0.5, 0.6) is 0 Å². The number of hydrogen-bond acceptors (Lipinski definition) is 7. The van der Waals surface area contributed by atoms with Crippen LogP contribution >= 0.6 is 24.0 Å². The van der Waals surface area contributed by atoms with Crippen LogP contribution in [0.15, 0.2) is 83.9 Å². The fourth-order valence-corrected chi connectivity index (χ4v) is 7.16. The van der Waals surface area contributed by atoms with Gasteiger partial charge in [0.2, 0.25) is 11.0 Å². The summed E-state index contributed by atoms with van der Waals surface area (Å²) >= 11 is 7.20. The quantitative estimate of drug-likeness (QED) is 0.273. The minimum atomic E-state index is -1.24. The molecule has 2 aliphatic rings. The maximum atomic E-state index is 13.1. The molecule has 1 amide bonds. The molecule has 0 bridgehead atoms. The van der Waals surface area contributed by atoms with Gasteiger partial charge in [-0.05, 0) is 29.4 Å². The first-order valence-corrected chi connectivity index (χ1v) is 13.4. The number of carbonyl (C=O) groups excluding carboxylic acids is 1. The normalized spacial score (nSPS) is 21.6. The van der Waals surface area contributed by atoms with Crippen LogP contribution in [0, 0.1) is 0 Å². The minimum absolute atomic E-state index is 0.0917. The minimum Gasteiger partial charge on any atom is -0.469 e. The van der Waals surface area contributed by atoms with E-state index in [1.807, 2.05) is 78.4 Å². The maximum Gasteiger partial charge on any atom is 0.231 e. The largest absolute Gasteiger partial charge is 0.469 e. The van der Waals surface area contributed by atoms with Crippen molar-refractivity contribution in [1.29, 1.82) is 0 Å². The molecule has 174 valence electrons. The van der Waals surface area contributed by atoms with Crippen molar-refractivity contribution < 1.29 is 13.7 Å². The van der Waals surface area contributed by atoms with Gasteiger partial charge in [-0.3, -0.25) is 13.9 Å². The summed E-state index contributed by atoms with van der Waals surface area (Å²) in [5.41, 5.74) is 2.44. The van der Waals surface area contributed by atoms with Crippen LogP contribution in [0.4, 0.5) is 0 Å². The van der Waals surface area contributed by atoms with Gasteiger partial charge in [0.25, 0.3) is 0 Å². The lowest BCUT2D eigenvalue weighted by Gasteiger charge is -2.45. The fraction of sp³-hybridized carbons (Fsp3) is 0.250. The van der Waals surface area contributed by atoms with Gasteiger partial charge in [0.05, 0.1) is 28.2 Å². The highest BCUT2D eigenvalue weighted by atomic mass is 32.2. The van der Waals surface area contributed by atoms with Crippen molar-refractivity contribution in [3.63, 3.8) is 0 Å². The summed E-state index contributed by atoms with van der Waals surface area (Å²) in [5, 5.41) is 8.27. The number of hydrogen-bond donors (Lipinski definition) is 0. The van der Waals surface area contributed by atoms with Crippen molar-refractivity contribution in [2.24, 2.45) is 7.05 Å². The highest BCUT2D eigenvalue weighted by Gasteiger charge is 2.49. The lowest BCUT2D eigenvalue weighted by atomic mass is 10.0. The number of nitrogens with zero attached hydrogens (tertiary/aromatic N) is 4. The van der Waals surface area contributed by atoms with E-state index in [-0.39, 0.29) is 28.0 Å². The topological polar surface area (TPSA) is 77.3 Å². The number of β-lactam (4-membered cyclic amide) rings is 1. The van der Waals surface area contributed by atoms with Gasteiger partial charge in [-0.2, -0.15) is 0 Å². The Morgan fingerprint density at radius 1 is 1.18 bits per heavy atom. The summed E-state index contributed by atoms with van der Waals surface area (Å²) in [6.45, 7) is 0. The molecule has 1 aromatic heterocycles. The lowest BCUT2D eigenvalue weighted by Crippen LogP contribution is -2.59. The van der Waals surface area contributed by atoms with Crippen molar-refractivity contribution in [1.82, 2.24) is 19.7 Å². The molecule has 7 nitrogen and oxygen atoms in total. The second-order valence-electron chi connectivity index (χ2n) is 7.98. The van der Waals surface area contributed by atoms with Gasteiger partial charge in [-0.15, -0.1) is 10.2 Å². The monoisotopic (exact) mass is 510 g/mol. The van der Waals surface area contributed by atoms with Crippen LogP contribution in [0.2, 0.25) is 0 Å². The lowest BCUT2D eigenvalue weighted by molar-refractivity contribution is -0.138. The molecular weight excluding hydrogens is 488 g/mol. The maximum absolute atomic E-state index is 13.1. The molecule has 3 aromatic rings. The Kier molecular flexibility index (Phi) is 6.62. The van der Waals surface area contributed by atoms with E-state index in [9.17, 15) is 9.00 Å². The number of aryl methyl sites for hydroxylation is 1. The first-order valence-electron chi connectivity index (χ1n) is 10.7. The van der Waals surface area contributed by atoms with Crippen LogP contribution in [-0.2, 0) is 27.4 Å². The molecule has 1 saturated heterocycles. The fourth-order valence-electron chi connectivity index (χ4n) is 3.98. The van der Waals surface area contributed by atoms with Gasteiger partial charge in [0, 0.05) is 12.8 Å². The SMILES string of the molecule is Cn1cnnc1SCC1C=C(C(=S)OC(c2ccccc2)c2ccccc2)N2C(=O)C[C@H]2S1=O. The van der Waals surface area contributed by atoms with E-state index in [0.717, 1.165) is 16.3 Å². The average molecular weight is 511 g/mol. The Morgan fingerprint density at radius 2 is 1.82 bits per heavy atom. The van der Waals surface area contributed by atoms with Gasteiger partial charge >= 0.3 is 0 Å². The molecule has 10 heteroatoms. The van der Waals surface area contributed by atoms with Crippen LogP contribution in [0.3, 0.4) is 0 Å². The number of amides is 1.